The van der Waals surface area contributed by atoms with Crippen molar-refractivity contribution in [3.8, 4) is 5.82 Å². The lowest BCUT2D eigenvalue weighted by molar-refractivity contribution is -0.117. The molecule has 3 aromatic heterocycles. The Morgan fingerprint density at radius 3 is 3.00 bits per heavy atom. The van der Waals surface area contributed by atoms with Crippen molar-refractivity contribution in [2.24, 2.45) is 5.73 Å². The molecule has 0 aromatic carbocycles. The highest BCUT2D eigenvalue weighted by Crippen LogP contribution is 2.35. The summed E-state index contributed by atoms with van der Waals surface area (Å²) in [5.74, 6) is 0.336. The van der Waals surface area contributed by atoms with Crippen LogP contribution in [0, 0.1) is 0 Å². The van der Waals surface area contributed by atoms with Gasteiger partial charge in [0.2, 0.25) is 5.91 Å². The van der Waals surface area contributed by atoms with Crippen LogP contribution in [-0.2, 0) is 21.4 Å². The Morgan fingerprint density at radius 1 is 1.38 bits per heavy atom. The summed E-state index contributed by atoms with van der Waals surface area (Å²) in [5, 5.41) is 5.36. The minimum atomic E-state index is -0.408. The van der Waals surface area contributed by atoms with Gasteiger partial charge in [-0.25, -0.2) is 9.67 Å². The van der Waals surface area contributed by atoms with E-state index in [1.165, 1.54) is 0 Å². The first-order valence-electron chi connectivity index (χ1n) is 8.78. The highest BCUT2D eigenvalue weighted by molar-refractivity contribution is 5.81. The molecule has 26 heavy (non-hydrogen) atoms. The number of ether oxygens (including phenoxy) is 1. The van der Waals surface area contributed by atoms with Gasteiger partial charge in [-0.2, -0.15) is 5.10 Å². The predicted molar refractivity (Wildman–Crippen MR) is 97.0 cm³/mol. The minimum absolute atomic E-state index is 0.0301. The van der Waals surface area contributed by atoms with E-state index in [1.807, 2.05) is 18.2 Å². The third kappa shape index (κ3) is 2.84. The van der Waals surface area contributed by atoms with E-state index in [0.29, 0.717) is 12.3 Å². The summed E-state index contributed by atoms with van der Waals surface area (Å²) in [6.45, 7) is 3.65. The van der Waals surface area contributed by atoms with E-state index in [0.717, 1.165) is 41.9 Å². The van der Waals surface area contributed by atoms with Crippen molar-refractivity contribution in [3.05, 3.63) is 48.0 Å². The van der Waals surface area contributed by atoms with Crippen molar-refractivity contribution in [1.29, 1.82) is 0 Å². The Balaban J connectivity index is 1.78. The third-order valence-corrected chi connectivity index (χ3v) is 5.14. The fraction of sp³-hybridized carbons (Fsp3) is 0.368. The average molecular weight is 351 g/mol. The molecule has 1 aliphatic rings. The first-order chi connectivity index (χ1) is 12.6. The van der Waals surface area contributed by atoms with Gasteiger partial charge in [0, 0.05) is 23.6 Å². The van der Waals surface area contributed by atoms with Gasteiger partial charge >= 0.3 is 0 Å². The van der Waals surface area contributed by atoms with Crippen molar-refractivity contribution in [2.75, 3.05) is 13.2 Å². The molecule has 1 amide bonds. The average Bonchev–Trinajstić information content (AvgIpc) is 3.29. The Labute approximate surface area is 151 Å². The summed E-state index contributed by atoms with van der Waals surface area (Å²) in [6, 6.07) is 7.85. The third-order valence-electron chi connectivity index (χ3n) is 5.14. The van der Waals surface area contributed by atoms with E-state index in [4.69, 9.17) is 15.5 Å². The molecule has 134 valence electrons. The van der Waals surface area contributed by atoms with Crippen LogP contribution < -0.4 is 5.73 Å². The summed E-state index contributed by atoms with van der Waals surface area (Å²) in [7, 11) is 0. The maximum atomic E-state index is 11.2. The van der Waals surface area contributed by atoms with Crippen LogP contribution in [0.4, 0.5) is 0 Å². The number of amides is 1. The largest absolute Gasteiger partial charge is 0.380 e. The van der Waals surface area contributed by atoms with E-state index < -0.39 is 5.91 Å². The van der Waals surface area contributed by atoms with Crippen LogP contribution in [0.5, 0.6) is 0 Å². The number of hydrogen-bond acceptors (Lipinski definition) is 5. The molecule has 4 rings (SSSR count). The maximum Gasteiger partial charge on any atom is 0.223 e. The topological polar surface area (TPSA) is 95.9 Å². The number of carbonyl (C=O) groups excluding carboxylic acids is 1. The van der Waals surface area contributed by atoms with Crippen LogP contribution >= 0.6 is 0 Å². The number of aromatic nitrogens is 4. The van der Waals surface area contributed by atoms with Crippen molar-refractivity contribution in [2.45, 2.75) is 31.6 Å². The highest BCUT2D eigenvalue weighted by Gasteiger charge is 2.36. The summed E-state index contributed by atoms with van der Waals surface area (Å²) >= 11 is 0. The van der Waals surface area contributed by atoms with E-state index in [2.05, 4.69) is 23.1 Å². The molecular weight excluding hydrogens is 330 g/mol. The standard InChI is InChI=1S/C19H21N5O2/c1-2-19(6-7-26-12-19)16-4-3-5-18(23-16)24-15-8-14(9-17(20)25)21-10-13(15)11-22-24/h3-5,8,10-11H,2,6-7,9,12H2,1H3,(H2,20,25). The molecule has 1 unspecified atom stereocenters. The van der Waals surface area contributed by atoms with Crippen molar-refractivity contribution in [3.63, 3.8) is 0 Å². The molecule has 7 heteroatoms. The molecular formula is C19H21N5O2. The molecule has 1 aliphatic heterocycles. The number of pyridine rings is 2. The molecule has 3 aromatic rings. The lowest BCUT2D eigenvalue weighted by Gasteiger charge is -2.25. The lowest BCUT2D eigenvalue weighted by Crippen LogP contribution is -2.27. The number of rotatable bonds is 5. The second-order valence-electron chi connectivity index (χ2n) is 6.75. The maximum absolute atomic E-state index is 11.2. The second-order valence-corrected chi connectivity index (χ2v) is 6.75. The Morgan fingerprint density at radius 2 is 2.27 bits per heavy atom. The van der Waals surface area contributed by atoms with Gasteiger partial charge in [0.05, 0.1) is 36.1 Å². The van der Waals surface area contributed by atoms with Crippen LogP contribution in [0.3, 0.4) is 0 Å². The van der Waals surface area contributed by atoms with Gasteiger partial charge in [0.25, 0.3) is 0 Å². The molecule has 0 spiro atoms. The second kappa shape index (κ2) is 6.49. The molecule has 2 N–H and O–H groups in total. The van der Waals surface area contributed by atoms with Crippen molar-refractivity contribution < 1.29 is 9.53 Å². The first kappa shape index (κ1) is 16.7. The van der Waals surface area contributed by atoms with E-state index in [-0.39, 0.29) is 11.8 Å². The van der Waals surface area contributed by atoms with Crippen LogP contribution in [-0.4, -0.2) is 38.9 Å². The van der Waals surface area contributed by atoms with Crippen LogP contribution in [0.2, 0.25) is 0 Å². The molecule has 0 aliphatic carbocycles. The predicted octanol–water partition coefficient (Wildman–Crippen LogP) is 1.91. The quantitative estimate of drug-likeness (QED) is 0.757. The van der Waals surface area contributed by atoms with Crippen LogP contribution in [0.1, 0.15) is 31.2 Å². The molecule has 7 nitrogen and oxygen atoms in total. The van der Waals surface area contributed by atoms with Gasteiger partial charge in [0.1, 0.15) is 0 Å². The monoisotopic (exact) mass is 351 g/mol. The summed E-state index contributed by atoms with van der Waals surface area (Å²) in [5.41, 5.74) is 7.77. The molecule has 1 fully saturated rings. The number of hydrogen-bond donors (Lipinski definition) is 1. The number of primary amides is 1. The zero-order valence-corrected chi connectivity index (χ0v) is 14.7. The number of nitrogens with two attached hydrogens (primary N) is 1. The Bertz CT molecular complexity index is 959. The fourth-order valence-electron chi connectivity index (χ4n) is 3.53. The minimum Gasteiger partial charge on any atom is -0.380 e. The van der Waals surface area contributed by atoms with Gasteiger partial charge in [-0.3, -0.25) is 9.78 Å². The smallest absolute Gasteiger partial charge is 0.223 e. The molecule has 0 saturated carbocycles. The van der Waals surface area contributed by atoms with E-state index in [1.54, 1.807) is 17.1 Å². The van der Waals surface area contributed by atoms with Gasteiger partial charge in [-0.1, -0.05) is 13.0 Å². The first-order valence-corrected chi connectivity index (χ1v) is 8.78. The number of fused-ring (bicyclic) bond motifs is 1. The Kier molecular flexibility index (Phi) is 4.16. The van der Waals surface area contributed by atoms with Crippen molar-refractivity contribution in [1.82, 2.24) is 19.7 Å². The molecule has 4 heterocycles. The van der Waals surface area contributed by atoms with E-state index in [9.17, 15) is 4.79 Å². The lowest BCUT2D eigenvalue weighted by atomic mass is 9.81. The summed E-state index contributed by atoms with van der Waals surface area (Å²) in [4.78, 5) is 20.4. The van der Waals surface area contributed by atoms with E-state index >= 15 is 0 Å². The van der Waals surface area contributed by atoms with Gasteiger partial charge < -0.3 is 10.5 Å². The van der Waals surface area contributed by atoms with Gasteiger partial charge in [-0.05, 0) is 31.0 Å². The fourth-order valence-corrected chi connectivity index (χ4v) is 3.53. The molecule has 1 saturated heterocycles. The Hall–Kier alpha value is -2.80. The van der Waals surface area contributed by atoms with Crippen molar-refractivity contribution >= 4 is 16.8 Å². The molecule has 1 atom stereocenters. The van der Waals surface area contributed by atoms with Crippen LogP contribution in [0.15, 0.2) is 36.7 Å². The van der Waals surface area contributed by atoms with Crippen LogP contribution in [0.25, 0.3) is 16.7 Å². The zero-order chi connectivity index (χ0) is 18.1. The summed E-state index contributed by atoms with van der Waals surface area (Å²) in [6.07, 6.45) is 5.52. The molecule has 0 bridgehead atoms. The summed E-state index contributed by atoms with van der Waals surface area (Å²) < 4.78 is 7.43. The number of carbonyl (C=O) groups is 1. The van der Waals surface area contributed by atoms with Gasteiger partial charge in [0.15, 0.2) is 5.82 Å². The number of nitrogens with zero attached hydrogens (tertiary/aromatic N) is 4. The molecule has 0 radical (unpaired) electrons. The SMILES string of the molecule is CCC1(c2cccc(-n3ncc4cnc(CC(N)=O)cc43)n2)CCOC1. The zero-order valence-electron chi connectivity index (χ0n) is 14.7. The van der Waals surface area contributed by atoms with Gasteiger partial charge in [-0.15, -0.1) is 0 Å². The highest BCUT2D eigenvalue weighted by atomic mass is 16.5. The normalized spacial score (nSPS) is 19.9.